The van der Waals surface area contributed by atoms with Crippen molar-refractivity contribution in [3.63, 3.8) is 0 Å². The van der Waals surface area contributed by atoms with Crippen LogP contribution in [0.2, 0.25) is 0 Å². The fourth-order valence-corrected chi connectivity index (χ4v) is 1.29. The Labute approximate surface area is 97.2 Å². The van der Waals surface area contributed by atoms with Crippen LogP contribution in [-0.4, -0.2) is 30.8 Å². The van der Waals surface area contributed by atoms with Gasteiger partial charge in [0.2, 0.25) is 0 Å². The summed E-state index contributed by atoms with van der Waals surface area (Å²) >= 11 is 0. The summed E-state index contributed by atoms with van der Waals surface area (Å²) in [7, 11) is 1.32. The standard InChI is InChI=1S/C11H13F2NO3/c1-6-3-8(13)9(4-7(6)12)14-10(5-17-2)11(15)16/h3-4,10,14H,5H2,1-2H3,(H,15,16). The predicted molar refractivity (Wildman–Crippen MR) is 58.0 cm³/mol. The van der Waals surface area contributed by atoms with E-state index in [9.17, 15) is 13.6 Å². The molecule has 1 aromatic carbocycles. The summed E-state index contributed by atoms with van der Waals surface area (Å²) in [4.78, 5) is 10.8. The second-order valence-corrected chi connectivity index (χ2v) is 3.57. The van der Waals surface area contributed by atoms with Crippen LogP contribution < -0.4 is 5.32 Å². The first-order valence-electron chi connectivity index (χ1n) is 4.89. The number of aryl methyl sites for hydroxylation is 1. The molecule has 0 aliphatic heterocycles. The van der Waals surface area contributed by atoms with E-state index in [1.807, 2.05) is 0 Å². The second kappa shape index (κ2) is 5.58. The van der Waals surface area contributed by atoms with Crippen LogP contribution in [0.4, 0.5) is 14.5 Å². The number of aliphatic carboxylic acids is 1. The first kappa shape index (κ1) is 13.4. The number of anilines is 1. The van der Waals surface area contributed by atoms with E-state index in [1.165, 1.54) is 14.0 Å². The van der Waals surface area contributed by atoms with Gasteiger partial charge in [-0.25, -0.2) is 13.6 Å². The van der Waals surface area contributed by atoms with Crippen LogP contribution in [-0.2, 0) is 9.53 Å². The van der Waals surface area contributed by atoms with Gasteiger partial charge in [-0.3, -0.25) is 0 Å². The lowest BCUT2D eigenvalue weighted by Gasteiger charge is -2.15. The molecule has 4 nitrogen and oxygen atoms in total. The molecular formula is C11H13F2NO3. The molecule has 0 saturated heterocycles. The number of hydrogen-bond acceptors (Lipinski definition) is 3. The summed E-state index contributed by atoms with van der Waals surface area (Å²) in [6, 6.07) is 0.802. The van der Waals surface area contributed by atoms with E-state index in [-0.39, 0.29) is 17.9 Å². The van der Waals surface area contributed by atoms with Crippen molar-refractivity contribution < 1.29 is 23.4 Å². The maximum Gasteiger partial charge on any atom is 0.328 e. The molecule has 0 saturated carbocycles. The minimum atomic E-state index is -1.20. The van der Waals surface area contributed by atoms with Crippen molar-refractivity contribution in [3.05, 3.63) is 29.3 Å². The SMILES string of the molecule is COCC(Nc1cc(F)c(C)cc1F)C(=O)O. The van der Waals surface area contributed by atoms with Crippen molar-refractivity contribution in [3.8, 4) is 0 Å². The fraction of sp³-hybridized carbons (Fsp3) is 0.364. The third-order valence-corrected chi connectivity index (χ3v) is 2.21. The van der Waals surface area contributed by atoms with Crippen molar-refractivity contribution in [2.45, 2.75) is 13.0 Å². The van der Waals surface area contributed by atoms with Gasteiger partial charge in [0.15, 0.2) is 0 Å². The van der Waals surface area contributed by atoms with Gasteiger partial charge >= 0.3 is 5.97 Å². The molecule has 0 amide bonds. The molecule has 0 heterocycles. The number of hydrogen-bond donors (Lipinski definition) is 2. The van der Waals surface area contributed by atoms with Gasteiger partial charge < -0.3 is 15.2 Å². The first-order chi connectivity index (χ1) is 7.95. The number of ether oxygens (including phenoxy) is 1. The highest BCUT2D eigenvalue weighted by molar-refractivity contribution is 5.77. The first-order valence-corrected chi connectivity index (χ1v) is 4.89. The van der Waals surface area contributed by atoms with E-state index in [1.54, 1.807) is 0 Å². The Morgan fingerprint density at radius 3 is 2.65 bits per heavy atom. The normalized spacial score (nSPS) is 12.2. The van der Waals surface area contributed by atoms with Crippen molar-refractivity contribution >= 4 is 11.7 Å². The zero-order valence-electron chi connectivity index (χ0n) is 9.46. The van der Waals surface area contributed by atoms with Gasteiger partial charge in [-0.05, 0) is 18.6 Å². The fourth-order valence-electron chi connectivity index (χ4n) is 1.29. The van der Waals surface area contributed by atoms with E-state index in [4.69, 9.17) is 5.11 Å². The topological polar surface area (TPSA) is 58.6 Å². The lowest BCUT2D eigenvalue weighted by Crippen LogP contribution is -2.34. The molecule has 1 rings (SSSR count). The van der Waals surface area contributed by atoms with Gasteiger partial charge in [-0.1, -0.05) is 0 Å². The third-order valence-electron chi connectivity index (χ3n) is 2.21. The Bertz CT molecular complexity index is 423. The highest BCUT2D eigenvalue weighted by Crippen LogP contribution is 2.19. The van der Waals surface area contributed by atoms with Gasteiger partial charge in [-0.15, -0.1) is 0 Å². The molecule has 1 atom stereocenters. The Hall–Kier alpha value is -1.69. The maximum absolute atomic E-state index is 13.4. The lowest BCUT2D eigenvalue weighted by atomic mass is 10.2. The van der Waals surface area contributed by atoms with Crippen LogP contribution in [0.1, 0.15) is 5.56 Å². The van der Waals surface area contributed by atoms with E-state index < -0.39 is 23.6 Å². The number of nitrogens with one attached hydrogen (secondary N) is 1. The molecule has 0 bridgehead atoms. The smallest absolute Gasteiger partial charge is 0.328 e. The highest BCUT2D eigenvalue weighted by Gasteiger charge is 2.19. The Kier molecular flexibility index (Phi) is 4.39. The molecule has 0 spiro atoms. The molecule has 0 aliphatic rings. The Balaban J connectivity index is 2.93. The maximum atomic E-state index is 13.4. The summed E-state index contributed by atoms with van der Waals surface area (Å²) in [6.45, 7) is 1.27. The van der Waals surface area contributed by atoms with E-state index in [0.29, 0.717) is 0 Å². The molecule has 17 heavy (non-hydrogen) atoms. The van der Waals surface area contributed by atoms with Crippen molar-refractivity contribution in [2.75, 3.05) is 19.0 Å². The summed E-state index contributed by atoms with van der Waals surface area (Å²) in [6.07, 6.45) is 0. The molecular weight excluding hydrogens is 232 g/mol. The second-order valence-electron chi connectivity index (χ2n) is 3.57. The zero-order valence-corrected chi connectivity index (χ0v) is 9.46. The molecule has 6 heteroatoms. The van der Waals surface area contributed by atoms with E-state index >= 15 is 0 Å². The van der Waals surface area contributed by atoms with Gasteiger partial charge in [0.1, 0.15) is 17.7 Å². The average molecular weight is 245 g/mol. The van der Waals surface area contributed by atoms with Gasteiger partial charge in [0, 0.05) is 13.2 Å². The monoisotopic (exact) mass is 245 g/mol. The van der Waals surface area contributed by atoms with Crippen molar-refractivity contribution in [1.29, 1.82) is 0 Å². The zero-order chi connectivity index (χ0) is 13.0. The quantitative estimate of drug-likeness (QED) is 0.830. The van der Waals surface area contributed by atoms with Crippen LogP contribution in [0, 0.1) is 18.6 Å². The largest absolute Gasteiger partial charge is 0.480 e. The number of rotatable bonds is 5. The van der Waals surface area contributed by atoms with Crippen LogP contribution in [0.5, 0.6) is 0 Å². The van der Waals surface area contributed by atoms with E-state index in [2.05, 4.69) is 10.1 Å². The van der Waals surface area contributed by atoms with Crippen LogP contribution in [0.3, 0.4) is 0 Å². The summed E-state index contributed by atoms with van der Waals surface area (Å²) in [5.41, 5.74) is -0.0378. The van der Waals surface area contributed by atoms with Crippen LogP contribution in [0.15, 0.2) is 12.1 Å². The molecule has 0 fully saturated rings. The molecule has 1 aromatic rings. The Morgan fingerprint density at radius 2 is 2.12 bits per heavy atom. The molecule has 0 aromatic heterocycles. The number of carbonyl (C=O) groups is 1. The highest BCUT2D eigenvalue weighted by atomic mass is 19.1. The van der Waals surface area contributed by atoms with Crippen LogP contribution in [0.25, 0.3) is 0 Å². The molecule has 94 valence electrons. The number of methoxy groups -OCH3 is 1. The Morgan fingerprint density at radius 1 is 1.47 bits per heavy atom. The summed E-state index contributed by atoms with van der Waals surface area (Å²) < 4.78 is 31.3. The molecule has 2 N–H and O–H groups in total. The summed E-state index contributed by atoms with van der Waals surface area (Å²) in [5.74, 6) is -2.51. The number of benzene rings is 1. The molecule has 0 aliphatic carbocycles. The minimum absolute atomic E-state index is 0.149. The van der Waals surface area contributed by atoms with Crippen LogP contribution >= 0.6 is 0 Å². The third kappa shape index (κ3) is 3.39. The molecule has 0 radical (unpaired) electrons. The summed E-state index contributed by atoms with van der Waals surface area (Å²) in [5, 5.41) is 11.2. The van der Waals surface area contributed by atoms with Crippen molar-refractivity contribution in [2.24, 2.45) is 0 Å². The number of carboxylic acids is 1. The predicted octanol–water partition coefficient (Wildman–Crippen LogP) is 1.78. The minimum Gasteiger partial charge on any atom is -0.480 e. The van der Waals surface area contributed by atoms with E-state index in [0.717, 1.165) is 12.1 Å². The average Bonchev–Trinajstić information content (AvgIpc) is 2.24. The molecule has 1 unspecified atom stereocenters. The van der Waals surface area contributed by atoms with Crippen molar-refractivity contribution in [1.82, 2.24) is 0 Å². The lowest BCUT2D eigenvalue weighted by molar-refractivity contribution is -0.139. The van der Waals surface area contributed by atoms with Gasteiger partial charge in [0.05, 0.1) is 12.3 Å². The number of carboxylic acid groups (broad SMARTS) is 1. The van der Waals surface area contributed by atoms with Gasteiger partial charge in [-0.2, -0.15) is 0 Å². The number of halogens is 2. The van der Waals surface area contributed by atoms with Gasteiger partial charge in [0.25, 0.3) is 0 Å².